The van der Waals surface area contributed by atoms with Crippen molar-refractivity contribution < 1.29 is 40.2 Å². The second-order valence-electron chi connectivity index (χ2n) is 13.7. The molecule has 0 unspecified atom stereocenters. The fourth-order valence-electron chi connectivity index (χ4n) is 7.56. The number of fused-ring (bicyclic) bond motifs is 3. The number of aromatic hydroxyl groups is 7. The summed E-state index contributed by atoms with van der Waals surface area (Å²) in [7, 11) is 2.98. The smallest absolute Gasteiger partial charge is 0.204 e. The number of phenolic OH excluding ortho intramolecular Hbond substituents is 7. The number of phenols is 7. The first-order chi connectivity index (χ1) is 25.8. The highest BCUT2D eigenvalue weighted by Crippen LogP contribution is 2.54. The monoisotopic (exact) mass is 716 g/mol. The van der Waals surface area contributed by atoms with E-state index in [1.165, 1.54) is 13.4 Å². The lowest BCUT2D eigenvalue weighted by atomic mass is 9.74. The van der Waals surface area contributed by atoms with Crippen LogP contribution in [0, 0.1) is 6.92 Å². The van der Waals surface area contributed by atoms with Crippen molar-refractivity contribution in [3.63, 3.8) is 0 Å². The summed E-state index contributed by atoms with van der Waals surface area (Å²) in [4.78, 5) is 0. The van der Waals surface area contributed by atoms with Crippen LogP contribution < -0.4 is 10.9 Å². The number of hydrogen-bond acceptors (Lipinski definition) is 8. The molecule has 0 atom stereocenters. The zero-order valence-electron chi connectivity index (χ0n) is 30.7. The first-order valence-electron chi connectivity index (χ1n) is 17.5. The lowest BCUT2D eigenvalue weighted by molar-refractivity contribution is 0.348. The maximum absolute atomic E-state index is 11.6. The van der Waals surface area contributed by atoms with Crippen LogP contribution in [0.1, 0.15) is 32.1 Å². The van der Waals surface area contributed by atoms with E-state index in [9.17, 15) is 35.7 Å². The van der Waals surface area contributed by atoms with Gasteiger partial charge in [-0.05, 0) is 89.6 Å². The molecule has 6 aromatic carbocycles. The van der Waals surface area contributed by atoms with Crippen molar-refractivity contribution in [1.82, 2.24) is 0 Å². The molecule has 8 nitrogen and oxygen atoms in total. The fourth-order valence-corrected chi connectivity index (χ4v) is 7.56. The van der Waals surface area contributed by atoms with Gasteiger partial charge in [-0.1, -0.05) is 83.9 Å². The van der Waals surface area contributed by atoms with Gasteiger partial charge in [-0.15, -0.1) is 0 Å². The topological polar surface area (TPSA) is 155 Å². The summed E-state index contributed by atoms with van der Waals surface area (Å²) in [5.41, 5.74) is 6.43. The van der Waals surface area contributed by atoms with E-state index in [-0.39, 0.29) is 27.6 Å². The van der Waals surface area contributed by atoms with Crippen LogP contribution in [0.5, 0.6) is 40.2 Å². The zero-order valence-corrected chi connectivity index (χ0v) is 30.7. The minimum Gasteiger partial charge on any atom is -0.505 e. The molecule has 0 spiro atoms. The highest BCUT2D eigenvalue weighted by Gasteiger charge is 2.31. The lowest BCUT2D eigenvalue weighted by Crippen LogP contribution is -2.17. The highest BCUT2D eigenvalue weighted by molar-refractivity contribution is 6.46. The third-order valence-electron chi connectivity index (χ3n) is 10.3. The van der Waals surface area contributed by atoms with Crippen LogP contribution in [-0.2, 0) is 0 Å². The quantitative estimate of drug-likeness (QED) is 0.0308. The van der Waals surface area contributed by atoms with Crippen LogP contribution in [0.25, 0.3) is 72.0 Å². The second kappa shape index (κ2) is 13.4. The molecule has 0 aliphatic carbocycles. The third-order valence-corrected chi connectivity index (χ3v) is 10.3. The van der Waals surface area contributed by atoms with Gasteiger partial charge in [0.15, 0.2) is 23.0 Å². The van der Waals surface area contributed by atoms with Crippen LogP contribution in [0.4, 0.5) is 0 Å². The maximum atomic E-state index is 11.6. The molecule has 0 bridgehead atoms. The molecule has 0 aliphatic rings. The van der Waals surface area contributed by atoms with Gasteiger partial charge in [0.25, 0.3) is 0 Å². The highest BCUT2D eigenvalue weighted by atomic mass is 16.3. The van der Waals surface area contributed by atoms with Gasteiger partial charge in [0.2, 0.25) is 17.2 Å². The maximum Gasteiger partial charge on any atom is 0.204 e. The van der Waals surface area contributed by atoms with Gasteiger partial charge in [0.1, 0.15) is 27.0 Å². The number of rotatable bonds is 6. The molecule has 7 aromatic rings. The van der Waals surface area contributed by atoms with Gasteiger partial charge in [-0.25, -0.2) is 0 Å². The van der Waals surface area contributed by atoms with Crippen molar-refractivity contribution in [2.45, 2.75) is 27.7 Å². The minimum absolute atomic E-state index is 0.0685. The van der Waals surface area contributed by atoms with E-state index in [4.69, 9.17) is 4.42 Å². The Balaban J connectivity index is 1.52. The summed E-state index contributed by atoms with van der Waals surface area (Å²) in [6.45, 7) is 8.17. The summed E-state index contributed by atoms with van der Waals surface area (Å²) < 4.78 is 6.31. The minimum atomic E-state index is -1.000. The number of allylic oxidation sites excluding steroid dienone is 5. The van der Waals surface area contributed by atoms with Crippen molar-refractivity contribution in [2.24, 2.45) is 0 Å². The van der Waals surface area contributed by atoms with Gasteiger partial charge >= 0.3 is 0 Å². The number of hydrogen-bond donors (Lipinski definition) is 7. The SMILES string of the molecule is Bc1c(O)c(O)c(O)c(O)c1-c1c(B)c(-c2c3ccccc3c(-c3ccc4oc(/C=C\C(/C=C\C)=C(C)C)c(C)c4c3)c3ccccc23)c(O)c(O)c1O. The second-order valence-corrected chi connectivity index (χ2v) is 13.7. The van der Waals surface area contributed by atoms with E-state index < -0.39 is 40.2 Å². The average Bonchev–Trinajstić information content (AvgIpc) is 3.48. The first kappa shape index (κ1) is 35.7. The molecular weight excluding hydrogens is 678 g/mol. The Morgan fingerprint density at radius 3 is 1.57 bits per heavy atom. The van der Waals surface area contributed by atoms with E-state index in [0.717, 1.165) is 60.5 Å². The predicted molar refractivity (Wildman–Crippen MR) is 223 cm³/mol. The standard InChI is InChI=1S/C44H38B2O8/c1-5-10-22(20(2)3)15-17-29-21(4)28-19-23(16-18-30(28)54-29)31-24-11-6-8-13-26(24)32(27-14-9-7-12-25(27)31)33-36(45)34(39(48)42(51)38(33)47)35-37(46)41(50)44(53)43(52)40(35)49/h5-19,47-53H,45-46H2,1-4H3/b10-5-,17-15-. The molecule has 7 rings (SSSR count). The van der Waals surface area contributed by atoms with Crippen molar-refractivity contribution in [3.8, 4) is 73.6 Å². The van der Waals surface area contributed by atoms with Gasteiger partial charge in [-0.2, -0.15) is 0 Å². The molecule has 0 amide bonds. The van der Waals surface area contributed by atoms with Crippen molar-refractivity contribution >= 4 is 65.2 Å². The molecule has 0 radical (unpaired) electrons. The van der Waals surface area contributed by atoms with Gasteiger partial charge < -0.3 is 40.2 Å². The van der Waals surface area contributed by atoms with Crippen molar-refractivity contribution in [1.29, 1.82) is 0 Å². The Labute approximate surface area is 313 Å². The van der Waals surface area contributed by atoms with Crippen molar-refractivity contribution in [3.05, 3.63) is 107 Å². The molecule has 0 saturated carbocycles. The Morgan fingerprint density at radius 2 is 1.04 bits per heavy atom. The average molecular weight is 716 g/mol. The van der Waals surface area contributed by atoms with E-state index in [2.05, 4.69) is 32.1 Å². The lowest BCUT2D eigenvalue weighted by Gasteiger charge is -2.23. The summed E-state index contributed by atoms with van der Waals surface area (Å²) in [6, 6.07) is 21.5. The summed E-state index contributed by atoms with van der Waals surface area (Å²) in [6.07, 6.45) is 8.13. The van der Waals surface area contributed by atoms with Crippen LogP contribution >= 0.6 is 0 Å². The number of aryl methyl sites for hydroxylation is 1. The molecule has 10 heteroatoms. The van der Waals surface area contributed by atoms with Crippen LogP contribution in [0.3, 0.4) is 0 Å². The molecule has 1 aromatic heterocycles. The summed E-state index contributed by atoms with van der Waals surface area (Å²) in [5, 5.41) is 80.5. The third kappa shape index (κ3) is 5.41. The van der Waals surface area contributed by atoms with Crippen molar-refractivity contribution in [2.75, 3.05) is 0 Å². The molecule has 7 N–H and O–H groups in total. The van der Waals surface area contributed by atoms with E-state index in [1.807, 2.05) is 86.7 Å². The first-order valence-corrected chi connectivity index (χ1v) is 17.5. The fraction of sp³-hybridized carbons (Fsp3) is 0.0909. The predicted octanol–water partition coefficient (Wildman–Crippen LogP) is 7.43. The number of furan rings is 1. The normalized spacial score (nSPS) is 11.9. The molecule has 0 saturated heterocycles. The molecule has 1 heterocycles. The molecule has 0 fully saturated rings. The summed E-state index contributed by atoms with van der Waals surface area (Å²) >= 11 is 0. The Bertz CT molecular complexity index is 2720. The molecule has 54 heavy (non-hydrogen) atoms. The Hall–Kier alpha value is -6.67. The summed E-state index contributed by atoms with van der Waals surface area (Å²) in [5.74, 6) is -4.93. The van der Waals surface area contributed by atoms with Crippen LogP contribution in [-0.4, -0.2) is 51.4 Å². The number of benzene rings is 6. The van der Waals surface area contributed by atoms with Crippen LogP contribution in [0.15, 0.2) is 101 Å². The van der Waals surface area contributed by atoms with Gasteiger partial charge in [-0.3, -0.25) is 0 Å². The largest absolute Gasteiger partial charge is 0.505 e. The van der Waals surface area contributed by atoms with E-state index >= 15 is 0 Å². The molecule has 0 aliphatic heterocycles. The van der Waals surface area contributed by atoms with Gasteiger partial charge in [0.05, 0.1) is 0 Å². The molecule has 268 valence electrons. The van der Waals surface area contributed by atoms with Gasteiger partial charge in [0, 0.05) is 33.2 Å². The van der Waals surface area contributed by atoms with Crippen LogP contribution in [0.2, 0.25) is 0 Å². The Morgan fingerprint density at radius 1 is 0.556 bits per heavy atom. The van der Waals surface area contributed by atoms with E-state index in [1.54, 1.807) is 7.85 Å². The van der Waals surface area contributed by atoms with E-state index in [0.29, 0.717) is 5.56 Å². The zero-order chi connectivity index (χ0) is 38.7. The molecular formula is C44H38B2O8. The Kier molecular flexibility index (Phi) is 8.86.